The lowest BCUT2D eigenvalue weighted by molar-refractivity contribution is 0.0315. The Morgan fingerprint density at radius 1 is 0.967 bits per heavy atom. The van der Waals surface area contributed by atoms with Crippen molar-refractivity contribution >= 4 is 16.9 Å². The van der Waals surface area contributed by atoms with E-state index in [1.54, 1.807) is 55.5 Å². The molecule has 150 valence electrons. The maximum Gasteiger partial charge on any atom is 0.342 e. The van der Waals surface area contributed by atoms with Gasteiger partial charge in [-0.1, -0.05) is 54.6 Å². The highest BCUT2D eigenvalue weighted by Crippen LogP contribution is 2.23. The van der Waals surface area contributed by atoms with Gasteiger partial charge in [-0.2, -0.15) is 0 Å². The lowest BCUT2D eigenvalue weighted by atomic mass is 10.2. The monoisotopic (exact) mass is 400 g/mol. The van der Waals surface area contributed by atoms with E-state index in [0.29, 0.717) is 28.8 Å². The molecule has 1 aromatic heterocycles. The Bertz CT molecular complexity index is 1230. The number of rotatable bonds is 6. The Morgan fingerprint density at radius 2 is 1.67 bits per heavy atom. The molecule has 3 aromatic carbocycles. The Balaban J connectivity index is 1.52. The van der Waals surface area contributed by atoms with E-state index in [0.717, 1.165) is 5.56 Å². The third-order valence-corrected chi connectivity index (χ3v) is 4.64. The van der Waals surface area contributed by atoms with Gasteiger partial charge in [0, 0.05) is 0 Å². The average molecular weight is 400 g/mol. The first-order chi connectivity index (χ1) is 14.6. The molecule has 0 aliphatic carbocycles. The fourth-order valence-corrected chi connectivity index (χ4v) is 3.07. The summed E-state index contributed by atoms with van der Waals surface area (Å²) in [7, 11) is 0. The third-order valence-electron chi connectivity index (χ3n) is 4.64. The van der Waals surface area contributed by atoms with Crippen LogP contribution in [-0.2, 0) is 11.3 Å². The van der Waals surface area contributed by atoms with E-state index >= 15 is 0 Å². The van der Waals surface area contributed by atoms with Crippen LogP contribution in [0, 0.1) is 0 Å². The lowest BCUT2D eigenvalue weighted by Crippen LogP contribution is -2.17. The molecular weight excluding hydrogens is 380 g/mol. The molecule has 1 N–H and O–H groups in total. The summed E-state index contributed by atoms with van der Waals surface area (Å²) < 4.78 is 11.4. The minimum absolute atomic E-state index is 0.273. The number of para-hydroxylation sites is 2. The molecule has 0 unspecified atom stereocenters. The van der Waals surface area contributed by atoms with Crippen LogP contribution < -0.4 is 10.3 Å². The highest BCUT2D eigenvalue weighted by atomic mass is 16.5. The molecule has 6 nitrogen and oxygen atoms in total. The van der Waals surface area contributed by atoms with Gasteiger partial charge < -0.3 is 14.5 Å². The predicted octanol–water partition coefficient (Wildman–Crippen LogP) is 4.42. The van der Waals surface area contributed by atoms with E-state index in [2.05, 4.69) is 9.97 Å². The van der Waals surface area contributed by atoms with Crippen LogP contribution in [0.3, 0.4) is 0 Å². The lowest BCUT2D eigenvalue weighted by Gasteiger charge is -2.15. The number of carbonyl (C=O) groups is 1. The Morgan fingerprint density at radius 3 is 2.50 bits per heavy atom. The zero-order chi connectivity index (χ0) is 20.9. The van der Waals surface area contributed by atoms with Crippen molar-refractivity contribution in [1.82, 2.24) is 9.97 Å². The van der Waals surface area contributed by atoms with Gasteiger partial charge in [0.2, 0.25) is 0 Å². The summed E-state index contributed by atoms with van der Waals surface area (Å²) in [5.74, 6) is 0.162. The van der Waals surface area contributed by atoms with Crippen LogP contribution >= 0.6 is 0 Å². The molecule has 30 heavy (non-hydrogen) atoms. The van der Waals surface area contributed by atoms with Crippen LogP contribution in [0.5, 0.6) is 5.75 Å². The molecule has 4 rings (SSSR count). The third kappa shape index (κ3) is 4.22. The molecular formula is C24H20N2O4. The predicted molar refractivity (Wildman–Crippen MR) is 113 cm³/mol. The van der Waals surface area contributed by atoms with Crippen molar-refractivity contribution in [3.05, 3.63) is 106 Å². The first-order valence-electron chi connectivity index (χ1n) is 9.57. The maximum atomic E-state index is 12.8. The van der Waals surface area contributed by atoms with Crippen LogP contribution in [0.1, 0.15) is 34.8 Å². The largest absolute Gasteiger partial charge is 0.488 e. The number of benzene rings is 3. The van der Waals surface area contributed by atoms with E-state index < -0.39 is 12.1 Å². The van der Waals surface area contributed by atoms with Crippen LogP contribution in [0.25, 0.3) is 10.9 Å². The smallest absolute Gasteiger partial charge is 0.342 e. The molecule has 4 aromatic rings. The Kier molecular flexibility index (Phi) is 5.57. The number of aromatic amines is 1. The van der Waals surface area contributed by atoms with Gasteiger partial charge in [-0.15, -0.1) is 0 Å². The Labute approximate surface area is 173 Å². The first-order valence-corrected chi connectivity index (χ1v) is 9.57. The van der Waals surface area contributed by atoms with Crippen molar-refractivity contribution in [1.29, 1.82) is 0 Å². The van der Waals surface area contributed by atoms with Crippen molar-refractivity contribution < 1.29 is 14.3 Å². The second kappa shape index (κ2) is 8.61. The SMILES string of the molecule is C[C@@H](OC(=O)c1ccccc1OCc1ccccc1)c1nc2ccccc2c(=O)[nH]1. The molecule has 0 radical (unpaired) electrons. The fraction of sp³-hybridized carbons (Fsp3) is 0.125. The molecule has 0 fully saturated rings. The summed E-state index contributed by atoms with van der Waals surface area (Å²) in [5.41, 5.74) is 1.58. The number of aromatic nitrogens is 2. The van der Waals surface area contributed by atoms with Crippen LogP contribution in [0.4, 0.5) is 0 Å². The summed E-state index contributed by atoms with van der Waals surface area (Å²) in [6.45, 7) is 2.00. The number of ether oxygens (including phenoxy) is 2. The number of hydrogen-bond donors (Lipinski definition) is 1. The van der Waals surface area contributed by atoms with Gasteiger partial charge in [-0.3, -0.25) is 4.79 Å². The van der Waals surface area contributed by atoms with E-state index in [9.17, 15) is 9.59 Å². The topological polar surface area (TPSA) is 81.3 Å². The van der Waals surface area contributed by atoms with Crippen molar-refractivity contribution in [2.45, 2.75) is 19.6 Å². The number of carbonyl (C=O) groups excluding carboxylic acids is 1. The minimum Gasteiger partial charge on any atom is -0.488 e. The van der Waals surface area contributed by atoms with Gasteiger partial charge in [0.25, 0.3) is 5.56 Å². The van der Waals surface area contributed by atoms with E-state index in [4.69, 9.17) is 9.47 Å². The fourth-order valence-electron chi connectivity index (χ4n) is 3.07. The van der Waals surface area contributed by atoms with E-state index in [1.807, 2.05) is 30.3 Å². The highest BCUT2D eigenvalue weighted by Gasteiger charge is 2.20. The Hall–Kier alpha value is -3.93. The number of fused-ring (bicyclic) bond motifs is 1. The average Bonchev–Trinajstić information content (AvgIpc) is 2.78. The van der Waals surface area contributed by atoms with Crippen molar-refractivity contribution in [3.8, 4) is 5.75 Å². The summed E-state index contributed by atoms with van der Waals surface area (Å²) in [4.78, 5) is 32.2. The van der Waals surface area contributed by atoms with Crippen LogP contribution in [-0.4, -0.2) is 15.9 Å². The molecule has 0 amide bonds. The quantitative estimate of drug-likeness (QED) is 0.485. The van der Waals surface area contributed by atoms with Crippen molar-refractivity contribution in [2.75, 3.05) is 0 Å². The number of nitrogens with zero attached hydrogens (tertiary/aromatic N) is 1. The molecule has 0 spiro atoms. The van der Waals surface area contributed by atoms with E-state index in [-0.39, 0.29) is 11.4 Å². The van der Waals surface area contributed by atoms with Crippen molar-refractivity contribution in [2.24, 2.45) is 0 Å². The molecule has 0 saturated heterocycles. The zero-order valence-electron chi connectivity index (χ0n) is 16.4. The molecule has 6 heteroatoms. The first kappa shape index (κ1) is 19.4. The second-order valence-electron chi connectivity index (χ2n) is 6.79. The number of esters is 1. The maximum absolute atomic E-state index is 12.8. The van der Waals surface area contributed by atoms with Crippen LogP contribution in [0.2, 0.25) is 0 Å². The van der Waals surface area contributed by atoms with Gasteiger partial charge >= 0.3 is 5.97 Å². The number of hydrogen-bond acceptors (Lipinski definition) is 5. The van der Waals surface area contributed by atoms with Gasteiger partial charge in [-0.25, -0.2) is 9.78 Å². The molecule has 0 saturated carbocycles. The molecule has 0 aliphatic rings. The van der Waals surface area contributed by atoms with Crippen LogP contribution in [0.15, 0.2) is 83.7 Å². The van der Waals surface area contributed by atoms with E-state index in [1.165, 1.54) is 0 Å². The zero-order valence-corrected chi connectivity index (χ0v) is 16.4. The second-order valence-corrected chi connectivity index (χ2v) is 6.79. The number of H-pyrrole nitrogens is 1. The van der Waals surface area contributed by atoms with Gasteiger partial charge in [0.05, 0.1) is 10.9 Å². The summed E-state index contributed by atoms with van der Waals surface area (Å²) in [6.07, 6.45) is -0.739. The van der Waals surface area contributed by atoms with Gasteiger partial charge in [0.1, 0.15) is 17.9 Å². The van der Waals surface area contributed by atoms with Gasteiger partial charge in [0.15, 0.2) is 11.9 Å². The highest BCUT2D eigenvalue weighted by molar-refractivity contribution is 5.92. The van der Waals surface area contributed by atoms with Crippen molar-refractivity contribution in [3.63, 3.8) is 0 Å². The standard InChI is InChI=1S/C24H20N2O4/c1-16(22-25-20-13-7-5-11-18(20)23(27)26-22)30-24(28)19-12-6-8-14-21(19)29-15-17-9-3-2-4-10-17/h2-14,16H,15H2,1H3,(H,25,26,27)/t16-/m1/s1. The van der Waals surface area contributed by atoms with Gasteiger partial charge in [-0.05, 0) is 36.8 Å². The molecule has 0 bridgehead atoms. The molecule has 1 atom stereocenters. The summed E-state index contributed by atoms with van der Waals surface area (Å²) in [5, 5.41) is 0.486. The molecule has 0 aliphatic heterocycles. The minimum atomic E-state index is -0.739. The summed E-state index contributed by atoms with van der Waals surface area (Å²) in [6, 6.07) is 23.6. The normalized spacial score (nSPS) is 11.8. The molecule has 1 heterocycles. The number of nitrogens with one attached hydrogen (secondary N) is 1. The summed E-state index contributed by atoms with van der Waals surface area (Å²) >= 11 is 0.